The highest BCUT2D eigenvalue weighted by molar-refractivity contribution is 4.88. The van der Waals surface area contributed by atoms with Crippen molar-refractivity contribution in [1.82, 2.24) is 4.98 Å². The summed E-state index contributed by atoms with van der Waals surface area (Å²) in [7, 11) is 0. The van der Waals surface area contributed by atoms with Crippen LogP contribution in [0.15, 0.2) is 30.6 Å². The van der Waals surface area contributed by atoms with Gasteiger partial charge in [0.25, 0.3) is 0 Å². The largest absolute Gasteiger partial charge is 0.265 e. The van der Waals surface area contributed by atoms with Crippen LogP contribution in [0, 0.1) is 9.93 Å². The number of rotatable bonds is 0. The van der Waals surface area contributed by atoms with Crippen LogP contribution >= 0.6 is 0 Å². The summed E-state index contributed by atoms with van der Waals surface area (Å²) in [6, 6.07) is 5.72. The summed E-state index contributed by atoms with van der Waals surface area (Å²) in [6.07, 6.45) is 3.50. The highest BCUT2D eigenvalue weighted by atomic mass is 16.7. The van der Waals surface area contributed by atoms with Crippen LogP contribution in [0.4, 0.5) is 0 Å². The molecule has 42 valence electrons. The molecule has 0 saturated heterocycles. The van der Waals surface area contributed by atoms with E-state index in [1.165, 1.54) is 0 Å². The summed E-state index contributed by atoms with van der Waals surface area (Å²) >= 11 is 0. The molecule has 0 saturated carbocycles. The first-order valence-electron chi connectivity index (χ1n) is 2.02. The van der Waals surface area contributed by atoms with Crippen molar-refractivity contribution >= 4 is 0 Å². The van der Waals surface area contributed by atoms with Gasteiger partial charge in [0.2, 0.25) is 0 Å². The molecule has 1 aromatic rings. The van der Waals surface area contributed by atoms with Gasteiger partial charge in [-0.15, -0.1) is 0 Å². The van der Waals surface area contributed by atoms with E-state index in [2.05, 4.69) is 4.98 Å². The summed E-state index contributed by atoms with van der Waals surface area (Å²) in [5, 5.41) is 0. The highest BCUT2D eigenvalue weighted by Crippen LogP contribution is 1.73. The maximum absolute atomic E-state index is 7.00. The maximum Gasteiger partial charge on any atom is 0.0267 e. The Morgan fingerprint density at radius 2 is 1.38 bits per heavy atom. The molecule has 0 spiro atoms. The van der Waals surface area contributed by atoms with Gasteiger partial charge < -0.3 is 0 Å². The second kappa shape index (κ2) is 5.75. The SMILES string of the molecule is O=O.c1ccncc1. The van der Waals surface area contributed by atoms with E-state index >= 15 is 0 Å². The van der Waals surface area contributed by atoms with Gasteiger partial charge in [-0.05, 0) is 12.1 Å². The Balaban J connectivity index is 0.000000222. The molecule has 0 aliphatic rings. The smallest absolute Gasteiger partial charge is 0.0267 e. The molecule has 0 bridgehead atoms. The Morgan fingerprint density at radius 1 is 0.875 bits per heavy atom. The molecule has 0 amide bonds. The minimum atomic E-state index is 1.75. The van der Waals surface area contributed by atoms with Crippen LogP contribution in [0.1, 0.15) is 0 Å². The molecule has 1 rings (SSSR count). The van der Waals surface area contributed by atoms with Gasteiger partial charge in [-0.1, -0.05) is 6.07 Å². The molecular weight excluding hydrogens is 106 g/mol. The van der Waals surface area contributed by atoms with Crippen molar-refractivity contribution in [2.24, 2.45) is 0 Å². The van der Waals surface area contributed by atoms with E-state index in [0.29, 0.717) is 0 Å². The van der Waals surface area contributed by atoms with Crippen molar-refractivity contribution in [3.63, 3.8) is 0 Å². The van der Waals surface area contributed by atoms with Crippen molar-refractivity contribution in [2.75, 3.05) is 0 Å². The highest BCUT2D eigenvalue weighted by Gasteiger charge is 1.58. The minimum Gasteiger partial charge on any atom is -0.265 e. The third-order valence-electron chi connectivity index (χ3n) is 0.566. The summed E-state index contributed by atoms with van der Waals surface area (Å²) in [6.45, 7) is 0. The molecule has 0 aliphatic carbocycles. The molecule has 1 heterocycles. The van der Waals surface area contributed by atoms with Crippen molar-refractivity contribution in [1.29, 1.82) is 0 Å². The molecule has 0 aromatic carbocycles. The van der Waals surface area contributed by atoms with E-state index in [0.717, 1.165) is 0 Å². The van der Waals surface area contributed by atoms with Crippen LogP contribution in [0.25, 0.3) is 0 Å². The maximum atomic E-state index is 7.00. The van der Waals surface area contributed by atoms with Crippen LogP contribution in [0.5, 0.6) is 0 Å². The van der Waals surface area contributed by atoms with Crippen molar-refractivity contribution < 1.29 is 0 Å². The van der Waals surface area contributed by atoms with Crippen molar-refractivity contribution in [3.05, 3.63) is 40.5 Å². The van der Waals surface area contributed by atoms with Crippen LogP contribution in [0.2, 0.25) is 0 Å². The molecule has 0 N–H and O–H groups in total. The van der Waals surface area contributed by atoms with Gasteiger partial charge in [-0.3, -0.25) is 4.98 Å². The van der Waals surface area contributed by atoms with E-state index in [4.69, 9.17) is 9.93 Å². The van der Waals surface area contributed by atoms with E-state index in [9.17, 15) is 0 Å². The molecule has 0 aliphatic heterocycles. The first-order valence-corrected chi connectivity index (χ1v) is 2.02. The molecule has 0 fully saturated rings. The van der Waals surface area contributed by atoms with Crippen molar-refractivity contribution in [2.45, 2.75) is 0 Å². The van der Waals surface area contributed by atoms with Gasteiger partial charge in [0, 0.05) is 22.3 Å². The first kappa shape index (κ1) is 6.75. The van der Waals surface area contributed by atoms with Crippen LogP contribution in [0.3, 0.4) is 0 Å². The van der Waals surface area contributed by atoms with Gasteiger partial charge in [-0.2, -0.15) is 0 Å². The van der Waals surface area contributed by atoms with Gasteiger partial charge in [0.15, 0.2) is 0 Å². The Hall–Kier alpha value is -1.25. The van der Waals surface area contributed by atoms with Gasteiger partial charge in [-0.25, -0.2) is 0 Å². The second-order valence-corrected chi connectivity index (χ2v) is 1.02. The van der Waals surface area contributed by atoms with Crippen LogP contribution < -0.4 is 0 Å². The predicted molar refractivity (Wildman–Crippen MR) is 31.0 cm³/mol. The summed E-state index contributed by atoms with van der Waals surface area (Å²) in [5.41, 5.74) is 0. The number of pyridine rings is 1. The van der Waals surface area contributed by atoms with Gasteiger partial charge in [0.1, 0.15) is 0 Å². The Kier molecular flexibility index (Phi) is 4.85. The van der Waals surface area contributed by atoms with Crippen molar-refractivity contribution in [3.8, 4) is 0 Å². The Bertz CT molecular complexity index is 93.3. The molecule has 3 nitrogen and oxygen atoms in total. The summed E-state index contributed by atoms with van der Waals surface area (Å²) in [4.78, 5) is 17.8. The molecular formula is C5H5NO2. The van der Waals surface area contributed by atoms with Gasteiger partial charge in [0.05, 0.1) is 0 Å². The Labute approximate surface area is 46.6 Å². The quantitative estimate of drug-likeness (QED) is 0.504. The molecule has 0 atom stereocenters. The molecule has 3 heteroatoms. The third-order valence-corrected chi connectivity index (χ3v) is 0.566. The second-order valence-electron chi connectivity index (χ2n) is 1.02. The minimum absolute atomic E-state index is 1.75. The van der Waals surface area contributed by atoms with E-state index in [-0.39, 0.29) is 0 Å². The number of hydrogen-bond donors (Lipinski definition) is 0. The van der Waals surface area contributed by atoms with Crippen LogP contribution in [-0.2, 0) is 0 Å². The molecule has 1 aromatic heterocycles. The molecule has 8 heavy (non-hydrogen) atoms. The zero-order valence-corrected chi connectivity index (χ0v) is 4.15. The monoisotopic (exact) mass is 111 g/mol. The fourth-order valence-electron chi connectivity index (χ4n) is 0.313. The first-order chi connectivity index (χ1) is 4.00. The molecule has 0 unspecified atom stereocenters. The standard InChI is InChI=1S/C5H5N.O2/c1-2-4-6-5-3-1;1-2/h1-5H;. The average molecular weight is 111 g/mol. The lowest BCUT2D eigenvalue weighted by Gasteiger charge is -1.70. The number of aromatic nitrogens is 1. The number of nitrogens with zero attached hydrogens (tertiary/aromatic N) is 1. The normalized spacial score (nSPS) is 6.50. The summed E-state index contributed by atoms with van der Waals surface area (Å²) < 4.78 is 0. The lowest BCUT2D eigenvalue weighted by Crippen LogP contribution is -1.58. The van der Waals surface area contributed by atoms with E-state index in [1.807, 2.05) is 18.2 Å². The average Bonchev–Trinajstić information content (AvgIpc) is 1.96. The lowest BCUT2D eigenvalue weighted by atomic mass is 10.5. The fourth-order valence-corrected chi connectivity index (χ4v) is 0.313. The third kappa shape index (κ3) is 2.96. The lowest BCUT2D eigenvalue weighted by molar-refractivity contribution is 1.33. The Morgan fingerprint density at radius 3 is 1.50 bits per heavy atom. The zero-order chi connectivity index (χ0) is 6.24. The molecule has 0 radical (unpaired) electrons. The van der Waals surface area contributed by atoms with Crippen LogP contribution in [-0.4, -0.2) is 4.98 Å². The van der Waals surface area contributed by atoms with E-state index in [1.54, 1.807) is 12.4 Å². The fraction of sp³-hybridized carbons (Fsp3) is 0. The number of hydrogen-bond acceptors (Lipinski definition) is 3. The predicted octanol–water partition coefficient (Wildman–Crippen LogP) is 1.15. The summed E-state index contributed by atoms with van der Waals surface area (Å²) in [5.74, 6) is 0. The van der Waals surface area contributed by atoms with Gasteiger partial charge >= 0.3 is 0 Å². The topological polar surface area (TPSA) is 47.0 Å². The van der Waals surface area contributed by atoms with E-state index < -0.39 is 0 Å². The zero-order valence-electron chi connectivity index (χ0n) is 4.15.